The summed E-state index contributed by atoms with van der Waals surface area (Å²) < 4.78 is 7.25. The number of carbonyl (C=O) groups excluding carboxylic acids is 3. The standard InChI is InChI=1S/C37H47N9O4/c1-36(2,3)27-13-9-25(10-14-27)30(47)39-29-8-7-18-45(24-29)33-41-32-38-17-19-46(32)34(42-33)40-28-15-11-26(12-16-28)31(48)43-20-22-44(23-21-43)35(49)50-37(4,5)6/h9-17,19,29H,7-8,18,20-24H2,1-6H3,(H,39,47)(H,38,40,41,42). The third kappa shape index (κ3) is 8.15. The normalized spacial score (nSPS) is 17.1. The summed E-state index contributed by atoms with van der Waals surface area (Å²) in [7, 11) is 0. The molecule has 2 aromatic carbocycles. The Morgan fingerprint density at radius 2 is 1.48 bits per heavy atom. The average molecular weight is 682 g/mol. The van der Waals surface area contributed by atoms with Gasteiger partial charge in [0.05, 0.1) is 0 Å². The first-order valence-electron chi connectivity index (χ1n) is 17.3. The molecule has 0 aliphatic carbocycles. The van der Waals surface area contributed by atoms with Crippen LogP contribution in [0, 0.1) is 0 Å². The number of ether oxygens (including phenoxy) is 1. The van der Waals surface area contributed by atoms with Gasteiger partial charge >= 0.3 is 6.09 Å². The number of benzene rings is 2. The molecular formula is C37H47N9O4. The van der Waals surface area contributed by atoms with Gasteiger partial charge < -0.3 is 30.1 Å². The molecular weight excluding hydrogens is 634 g/mol. The molecule has 13 heteroatoms. The van der Waals surface area contributed by atoms with Gasteiger partial charge in [-0.25, -0.2) is 9.78 Å². The maximum Gasteiger partial charge on any atom is 0.410 e. The summed E-state index contributed by atoms with van der Waals surface area (Å²) in [6.07, 6.45) is 4.85. The zero-order valence-electron chi connectivity index (χ0n) is 29.8. The van der Waals surface area contributed by atoms with Gasteiger partial charge in [0.2, 0.25) is 17.7 Å². The van der Waals surface area contributed by atoms with Crippen molar-refractivity contribution in [2.75, 3.05) is 49.5 Å². The number of piperidine rings is 1. The van der Waals surface area contributed by atoms with E-state index in [1.165, 1.54) is 5.56 Å². The second-order valence-corrected chi connectivity index (χ2v) is 15.0. The Balaban J connectivity index is 1.09. The predicted molar refractivity (Wildman–Crippen MR) is 192 cm³/mol. The van der Waals surface area contributed by atoms with Crippen LogP contribution < -0.4 is 15.5 Å². The number of nitrogens with zero attached hydrogens (tertiary/aromatic N) is 7. The lowest BCUT2D eigenvalue weighted by Gasteiger charge is -2.35. The molecule has 0 spiro atoms. The van der Waals surface area contributed by atoms with Crippen LogP contribution in [-0.4, -0.2) is 98.0 Å². The van der Waals surface area contributed by atoms with Crippen molar-refractivity contribution in [3.05, 3.63) is 77.6 Å². The number of carbonyl (C=O) groups is 3. The van der Waals surface area contributed by atoms with Crippen molar-refractivity contribution in [2.45, 2.75) is 71.4 Å². The van der Waals surface area contributed by atoms with Crippen molar-refractivity contribution in [3.63, 3.8) is 0 Å². The number of imidazole rings is 1. The smallest absolute Gasteiger partial charge is 0.410 e. The van der Waals surface area contributed by atoms with Crippen LogP contribution in [0.5, 0.6) is 0 Å². The molecule has 13 nitrogen and oxygen atoms in total. The van der Waals surface area contributed by atoms with E-state index in [1.54, 1.807) is 38.7 Å². The molecule has 0 bridgehead atoms. The molecule has 2 N–H and O–H groups in total. The lowest BCUT2D eigenvalue weighted by molar-refractivity contribution is 0.0141. The van der Waals surface area contributed by atoms with Crippen LogP contribution in [0.4, 0.5) is 22.4 Å². The third-order valence-corrected chi connectivity index (χ3v) is 8.91. The first kappa shape index (κ1) is 34.7. The molecule has 2 saturated heterocycles. The fourth-order valence-corrected chi connectivity index (χ4v) is 6.13. The molecule has 4 heterocycles. The van der Waals surface area contributed by atoms with E-state index >= 15 is 0 Å². The molecule has 0 radical (unpaired) electrons. The van der Waals surface area contributed by atoms with E-state index in [0.29, 0.717) is 61.5 Å². The highest BCUT2D eigenvalue weighted by atomic mass is 16.6. The fourth-order valence-electron chi connectivity index (χ4n) is 6.13. The number of aromatic nitrogens is 4. The molecule has 1 unspecified atom stereocenters. The van der Waals surface area contributed by atoms with Crippen molar-refractivity contribution in [2.24, 2.45) is 0 Å². The third-order valence-electron chi connectivity index (χ3n) is 8.91. The second-order valence-electron chi connectivity index (χ2n) is 15.0. The lowest BCUT2D eigenvalue weighted by Crippen LogP contribution is -2.51. The number of hydrogen-bond acceptors (Lipinski definition) is 9. The first-order chi connectivity index (χ1) is 23.7. The highest BCUT2D eigenvalue weighted by Gasteiger charge is 2.29. The van der Waals surface area contributed by atoms with E-state index in [1.807, 2.05) is 57.2 Å². The summed E-state index contributed by atoms with van der Waals surface area (Å²) in [6.45, 7) is 15.0. The quantitative estimate of drug-likeness (QED) is 0.279. The summed E-state index contributed by atoms with van der Waals surface area (Å²) in [5.74, 6) is 1.38. The molecule has 50 heavy (non-hydrogen) atoms. The van der Waals surface area contributed by atoms with E-state index in [9.17, 15) is 14.4 Å². The molecule has 2 aromatic heterocycles. The summed E-state index contributed by atoms with van der Waals surface area (Å²) in [6, 6.07) is 15.0. The number of nitrogens with one attached hydrogen (secondary N) is 2. The largest absolute Gasteiger partial charge is 0.444 e. The van der Waals surface area contributed by atoms with E-state index in [0.717, 1.165) is 25.1 Å². The monoisotopic (exact) mass is 681 g/mol. The van der Waals surface area contributed by atoms with Crippen molar-refractivity contribution < 1.29 is 19.1 Å². The highest BCUT2D eigenvalue weighted by molar-refractivity contribution is 5.95. The van der Waals surface area contributed by atoms with Crippen LogP contribution in [0.1, 0.15) is 80.7 Å². The average Bonchev–Trinajstić information content (AvgIpc) is 3.57. The maximum absolute atomic E-state index is 13.3. The highest BCUT2D eigenvalue weighted by Crippen LogP contribution is 2.24. The van der Waals surface area contributed by atoms with Crippen LogP contribution in [0.3, 0.4) is 0 Å². The minimum Gasteiger partial charge on any atom is -0.444 e. The number of amides is 3. The number of rotatable bonds is 6. The molecule has 2 aliphatic rings. The fraction of sp³-hybridized carbons (Fsp3) is 0.459. The first-order valence-corrected chi connectivity index (χ1v) is 17.3. The summed E-state index contributed by atoms with van der Waals surface area (Å²) >= 11 is 0. The van der Waals surface area contributed by atoms with E-state index in [2.05, 4.69) is 41.3 Å². The van der Waals surface area contributed by atoms with Crippen molar-refractivity contribution in [1.29, 1.82) is 0 Å². The van der Waals surface area contributed by atoms with Gasteiger partial charge in [-0.2, -0.15) is 9.97 Å². The SMILES string of the molecule is CC(C)(C)OC(=O)N1CCN(C(=O)c2ccc(Nc3nc(N4CCCC(NC(=O)c5ccc(C(C)(C)C)cc5)C4)nc4nccn34)cc2)CC1. The summed E-state index contributed by atoms with van der Waals surface area (Å²) in [4.78, 5) is 58.3. The predicted octanol–water partition coefficient (Wildman–Crippen LogP) is 5.26. The molecule has 1 atom stereocenters. The van der Waals surface area contributed by atoms with Gasteiger partial charge in [0.1, 0.15) is 5.60 Å². The Kier molecular flexibility index (Phi) is 9.68. The Morgan fingerprint density at radius 3 is 2.14 bits per heavy atom. The van der Waals surface area contributed by atoms with Crippen molar-refractivity contribution >= 4 is 41.3 Å². The van der Waals surface area contributed by atoms with Crippen LogP contribution >= 0.6 is 0 Å². The molecule has 4 aromatic rings. The Bertz CT molecular complexity index is 1830. The molecule has 0 saturated carbocycles. The zero-order valence-corrected chi connectivity index (χ0v) is 29.8. The molecule has 3 amide bonds. The van der Waals surface area contributed by atoms with Crippen LogP contribution in [0.2, 0.25) is 0 Å². The molecule has 264 valence electrons. The van der Waals surface area contributed by atoms with Crippen LogP contribution in [0.25, 0.3) is 5.78 Å². The Labute approximate surface area is 293 Å². The molecule has 2 aliphatic heterocycles. The second kappa shape index (κ2) is 14.0. The topological polar surface area (TPSA) is 137 Å². The minimum absolute atomic E-state index is 0.0220. The molecule has 2 fully saturated rings. The summed E-state index contributed by atoms with van der Waals surface area (Å²) in [5.41, 5.74) is 2.59. The maximum atomic E-state index is 13.3. The zero-order chi connectivity index (χ0) is 35.6. The number of hydrogen-bond donors (Lipinski definition) is 2. The van der Waals surface area contributed by atoms with Gasteiger partial charge in [0, 0.05) is 74.5 Å². The van der Waals surface area contributed by atoms with Gasteiger partial charge in [-0.3, -0.25) is 14.0 Å². The van der Waals surface area contributed by atoms with Gasteiger partial charge in [-0.05, 0) is 81.0 Å². The van der Waals surface area contributed by atoms with E-state index in [4.69, 9.17) is 14.7 Å². The van der Waals surface area contributed by atoms with Gasteiger partial charge in [-0.15, -0.1) is 0 Å². The lowest BCUT2D eigenvalue weighted by atomic mass is 9.86. The summed E-state index contributed by atoms with van der Waals surface area (Å²) in [5, 5.41) is 6.57. The van der Waals surface area contributed by atoms with Crippen molar-refractivity contribution in [3.8, 4) is 0 Å². The van der Waals surface area contributed by atoms with Gasteiger partial charge in [-0.1, -0.05) is 32.9 Å². The number of piperazine rings is 1. The Morgan fingerprint density at radius 1 is 0.820 bits per heavy atom. The van der Waals surface area contributed by atoms with Crippen molar-refractivity contribution in [1.82, 2.24) is 34.5 Å². The van der Waals surface area contributed by atoms with E-state index in [-0.39, 0.29) is 29.4 Å². The van der Waals surface area contributed by atoms with Crippen LogP contribution in [0.15, 0.2) is 60.9 Å². The number of anilines is 3. The van der Waals surface area contributed by atoms with E-state index < -0.39 is 5.60 Å². The van der Waals surface area contributed by atoms with Gasteiger partial charge in [0.25, 0.3) is 11.8 Å². The molecule has 6 rings (SSSR count). The van der Waals surface area contributed by atoms with Crippen LogP contribution in [-0.2, 0) is 10.2 Å². The minimum atomic E-state index is -0.563. The van der Waals surface area contributed by atoms with Gasteiger partial charge in [0.15, 0.2) is 0 Å². The Hall–Kier alpha value is -5.20. The number of fused-ring (bicyclic) bond motifs is 1.